The van der Waals surface area contributed by atoms with Gasteiger partial charge in [-0.3, -0.25) is 4.79 Å². The molecule has 3 nitrogen and oxygen atoms in total. The van der Waals surface area contributed by atoms with Gasteiger partial charge in [0.2, 0.25) is 0 Å². The third-order valence-corrected chi connectivity index (χ3v) is 4.35. The van der Waals surface area contributed by atoms with Crippen LogP contribution in [-0.2, 0) is 4.79 Å². The lowest BCUT2D eigenvalue weighted by Crippen LogP contribution is -2.04. The number of rotatable bonds is 6. The molecule has 0 unspecified atom stereocenters. The van der Waals surface area contributed by atoms with Gasteiger partial charge in [0.1, 0.15) is 5.75 Å². The zero-order chi connectivity index (χ0) is 15.9. The van der Waals surface area contributed by atoms with E-state index < -0.39 is 0 Å². The Labute approximate surface area is 135 Å². The molecule has 2 aromatic carbocycles. The highest BCUT2D eigenvalue weighted by atomic mass is 32.2. The van der Waals surface area contributed by atoms with E-state index in [9.17, 15) is 4.79 Å². The van der Waals surface area contributed by atoms with E-state index in [1.807, 2.05) is 61.5 Å². The van der Waals surface area contributed by atoms with Crippen LogP contribution in [0.3, 0.4) is 0 Å². The molecule has 0 atom stereocenters. The Morgan fingerprint density at radius 1 is 1.00 bits per heavy atom. The summed E-state index contributed by atoms with van der Waals surface area (Å²) in [4.78, 5) is 13.7. The minimum Gasteiger partial charge on any atom is -0.497 e. The van der Waals surface area contributed by atoms with Gasteiger partial charge in [0.05, 0.1) is 12.0 Å². The van der Waals surface area contributed by atoms with Gasteiger partial charge in [-0.1, -0.05) is 30.0 Å². The Bertz CT molecular complexity index is 663. The van der Waals surface area contributed by atoms with Crippen LogP contribution in [-0.4, -0.2) is 12.9 Å². The van der Waals surface area contributed by atoms with Crippen LogP contribution in [0.1, 0.15) is 13.8 Å². The summed E-state index contributed by atoms with van der Waals surface area (Å²) in [5, 5.41) is 3.28. The third-order valence-electron chi connectivity index (χ3n) is 3.05. The number of hydrogen-bond acceptors (Lipinski definition) is 4. The van der Waals surface area contributed by atoms with Crippen LogP contribution in [0.15, 0.2) is 70.1 Å². The monoisotopic (exact) mass is 313 g/mol. The standard InChI is InChI=1S/C18H19NO2S/c1-13(19-15-9-11-16(21-3)12-10-15)18(14(2)20)22-17-7-5-4-6-8-17/h4-12,19H,1-3H3/b18-13+. The van der Waals surface area contributed by atoms with Crippen LogP contribution in [0.4, 0.5) is 5.69 Å². The van der Waals surface area contributed by atoms with Crippen molar-refractivity contribution in [1.82, 2.24) is 0 Å². The predicted octanol–water partition coefficient (Wildman–Crippen LogP) is 4.72. The van der Waals surface area contributed by atoms with E-state index in [-0.39, 0.29) is 5.78 Å². The zero-order valence-corrected chi connectivity index (χ0v) is 13.7. The summed E-state index contributed by atoms with van der Waals surface area (Å²) in [7, 11) is 1.64. The molecule has 2 rings (SSSR count). The number of benzene rings is 2. The lowest BCUT2D eigenvalue weighted by atomic mass is 10.2. The van der Waals surface area contributed by atoms with Crippen LogP contribution in [0, 0.1) is 0 Å². The minimum absolute atomic E-state index is 0.0485. The van der Waals surface area contributed by atoms with Crippen LogP contribution >= 0.6 is 11.8 Å². The molecule has 114 valence electrons. The Kier molecular flexibility index (Phi) is 5.67. The fourth-order valence-corrected chi connectivity index (χ4v) is 2.84. The van der Waals surface area contributed by atoms with Crippen molar-refractivity contribution in [3.8, 4) is 5.75 Å². The third kappa shape index (κ3) is 4.40. The first kappa shape index (κ1) is 16.2. The summed E-state index contributed by atoms with van der Waals surface area (Å²) in [6.45, 7) is 3.50. The maximum absolute atomic E-state index is 11.9. The molecule has 0 radical (unpaired) electrons. The van der Waals surface area contributed by atoms with Crippen molar-refractivity contribution >= 4 is 23.2 Å². The molecule has 0 fully saturated rings. The number of methoxy groups -OCH3 is 1. The lowest BCUT2D eigenvalue weighted by molar-refractivity contribution is -0.113. The van der Waals surface area contributed by atoms with Crippen molar-refractivity contribution in [2.24, 2.45) is 0 Å². The second-order valence-corrected chi connectivity index (χ2v) is 5.86. The summed E-state index contributed by atoms with van der Waals surface area (Å²) < 4.78 is 5.14. The first-order valence-electron chi connectivity index (χ1n) is 6.96. The number of Topliss-reactive ketones (excluding diaryl/α,β-unsaturated/α-hetero) is 1. The van der Waals surface area contributed by atoms with E-state index in [2.05, 4.69) is 5.32 Å². The first-order valence-corrected chi connectivity index (χ1v) is 7.77. The van der Waals surface area contributed by atoms with Crippen molar-refractivity contribution in [2.45, 2.75) is 18.7 Å². The van der Waals surface area contributed by atoms with Gasteiger partial charge < -0.3 is 10.1 Å². The Morgan fingerprint density at radius 2 is 1.64 bits per heavy atom. The van der Waals surface area contributed by atoms with Gasteiger partial charge in [0.25, 0.3) is 0 Å². The average molecular weight is 313 g/mol. The molecule has 0 aromatic heterocycles. The normalized spacial score (nSPS) is 11.6. The number of ether oxygens (including phenoxy) is 1. The fourth-order valence-electron chi connectivity index (χ4n) is 1.97. The van der Waals surface area contributed by atoms with Gasteiger partial charge in [-0.2, -0.15) is 0 Å². The molecule has 0 saturated heterocycles. The SMILES string of the molecule is COc1ccc(N/C(C)=C(/Sc2ccccc2)C(C)=O)cc1. The number of hydrogen-bond donors (Lipinski definition) is 1. The van der Waals surface area contributed by atoms with Crippen molar-refractivity contribution in [1.29, 1.82) is 0 Å². The Hall–Kier alpha value is -2.20. The van der Waals surface area contributed by atoms with E-state index in [0.717, 1.165) is 22.0 Å². The van der Waals surface area contributed by atoms with Crippen LogP contribution in [0.25, 0.3) is 0 Å². The van der Waals surface area contributed by atoms with Gasteiger partial charge in [-0.15, -0.1) is 0 Å². The Balaban J connectivity index is 2.20. The molecule has 0 aliphatic carbocycles. The molecule has 2 aromatic rings. The van der Waals surface area contributed by atoms with Crippen molar-refractivity contribution < 1.29 is 9.53 Å². The largest absolute Gasteiger partial charge is 0.497 e. The minimum atomic E-state index is 0.0485. The van der Waals surface area contributed by atoms with Crippen LogP contribution in [0.2, 0.25) is 0 Å². The molecule has 4 heteroatoms. The summed E-state index contributed by atoms with van der Waals surface area (Å²) in [6.07, 6.45) is 0. The van der Waals surface area contributed by atoms with Crippen LogP contribution < -0.4 is 10.1 Å². The number of thioether (sulfide) groups is 1. The first-order chi connectivity index (χ1) is 10.6. The predicted molar refractivity (Wildman–Crippen MR) is 92.3 cm³/mol. The van der Waals surface area contributed by atoms with E-state index in [1.54, 1.807) is 14.0 Å². The maximum atomic E-state index is 11.9. The smallest absolute Gasteiger partial charge is 0.168 e. The van der Waals surface area contributed by atoms with Crippen molar-refractivity contribution in [3.05, 3.63) is 65.2 Å². The number of allylic oxidation sites excluding steroid dienone is 2. The summed E-state index contributed by atoms with van der Waals surface area (Å²) in [5.41, 5.74) is 1.76. The average Bonchev–Trinajstić information content (AvgIpc) is 2.54. The molecular formula is C18H19NO2S. The van der Waals surface area contributed by atoms with Gasteiger partial charge in [0.15, 0.2) is 5.78 Å². The molecule has 0 aliphatic heterocycles. The second kappa shape index (κ2) is 7.71. The Morgan fingerprint density at radius 3 is 2.18 bits per heavy atom. The van der Waals surface area contributed by atoms with E-state index in [0.29, 0.717) is 4.91 Å². The van der Waals surface area contributed by atoms with E-state index >= 15 is 0 Å². The summed E-state index contributed by atoms with van der Waals surface area (Å²) in [5.74, 6) is 0.852. The molecule has 0 saturated carbocycles. The van der Waals surface area contributed by atoms with Gasteiger partial charge in [-0.05, 0) is 50.2 Å². The molecule has 22 heavy (non-hydrogen) atoms. The molecule has 1 N–H and O–H groups in total. The maximum Gasteiger partial charge on any atom is 0.168 e. The molecule has 0 heterocycles. The van der Waals surface area contributed by atoms with Gasteiger partial charge >= 0.3 is 0 Å². The zero-order valence-electron chi connectivity index (χ0n) is 12.9. The number of ketones is 1. The highest BCUT2D eigenvalue weighted by Crippen LogP contribution is 2.30. The quantitative estimate of drug-likeness (QED) is 0.618. The van der Waals surface area contributed by atoms with Crippen molar-refractivity contribution in [3.63, 3.8) is 0 Å². The van der Waals surface area contributed by atoms with E-state index in [1.165, 1.54) is 11.8 Å². The van der Waals surface area contributed by atoms with Crippen molar-refractivity contribution in [2.75, 3.05) is 12.4 Å². The van der Waals surface area contributed by atoms with Crippen LogP contribution in [0.5, 0.6) is 5.75 Å². The van der Waals surface area contributed by atoms with Gasteiger partial charge in [-0.25, -0.2) is 0 Å². The fraction of sp³-hybridized carbons (Fsp3) is 0.167. The lowest BCUT2D eigenvalue weighted by Gasteiger charge is -2.12. The number of carbonyl (C=O) groups excluding carboxylic acids is 1. The number of nitrogens with one attached hydrogen (secondary N) is 1. The molecule has 0 aliphatic rings. The van der Waals surface area contributed by atoms with Gasteiger partial charge in [0, 0.05) is 16.3 Å². The molecule has 0 bridgehead atoms. The highest BCUT2D eigenvalue weighted by Gasteiger charge is 2.11. The molecule has 0 amide bonds. The summed E-state index contributed by atoms with van der Waals surface area (Å²) in [6, 6.07) is 17.5. The second-order valence-electron chi connectivity index (χ2n) is 4.78. The summed E-state index contributed by atoms with van der Waals surface area (Å²) >= 11 is 1.47. The van der Waals surface area contributed by atoms with E-state index in [4.69, 9.17) is 4.74 Å². The molecule has 0 spiro atoms. The topological polar surface area (TPSA) is 38.3 Å². The molecular weight excluding hydrogens is 294 g/mol. The highest BCUT2D eigenvalue weighted by molar-refractivity contribution is 8.04. The number of anilines is 1. The number of carbonyl (C=O) groups is 1.